The second-order valence-corrected chi connectivity index (χ2v) is 4.63. The number of halogens is 1. The quantitative estimate of drug-likeness (QED) is 0.877. The van der Waals surface area contributed by atoms with Gasteiger partial charge in [0.25, 0.3) is 0 Å². The second kappa shape index (κ2) is 4.02. The number of hydrogen-bond acceptors (Lipinski definition) is 2. The lowest BCUT2D eigenvalue weighted by Gasteiger charge is -2.18. The van der Waals surface area contributed by atoms with Crippen LogP contribution in [-0.4, -0.2) is 18.2 Å². The van der Waals surface area contributed by atoms with E-state index < -0.39 is 5.97 Å². The molecule has 0 amide bonds. The van der Waals surface area contributed by atoms with E-state index in [0.717, 1.165) is 24.0 Å². The molecule has 0 atom stereocenters. The van der Waals surface area contributed by atoms with Crippen LogP contribution in [0.2, 0.25) is 0 Å². The summed E-state index contributed by atoms with van der Waals surface area (Å²) >= 11 is 0. The van der Waals surface area contributed by atoms with E-state index in [1.165, 1.54) is 19.2 Å². The Bertz CT molecular complexity index is 464. The highest BCUT2D eigenvalue weighted by molar-refractivity contribution is 5.70. The molecule has 4 heteroatoms. The topological polar surface area (TPSA) is 46.5 Å². The van der Waals surface area contributed by atoms with Crippen LogP contribution in [0.1, 0.15) is 30.4 Å². The summed E-state index contributed by atoms with van der Waals surface area (Å²) in [6, 6.07) is 2.77. The minimum absolute atomic E-state index is 0.0560. The molecule has 0 aliphatic heterocycles. The van der Waals surface area contributed by atoms with E-state index in [0.29, 0.717) is 5.75 Å². The lowest BCUT2D eigenvalue weighted by atomic mass is 9.88. The van der Waals surface area contributed by atoms with Crippen molar-refractivity contribution in [3.63, 3.8) is 0 Å². The Morgan fingerprint density at radius 3 is 2.65 bits per heavy atom. The highest BCUT2D eigenvalue weighted by atomic mass is 19.1. The second-order valence-electron chi connectivity index (χ2n) is 4.63. The maximum absolute atomic E-state index is 13.5. The summed E-state index contributed by atoms with van der Waals surface area (Å²) in [4.78, 5) is 10.9. The third kappa shape index (κ3) is 2.12. The first kappa shape index (κ1) is 11.9. The van der Waals surface area contributed by atoms with Crippen molar-refractivity contribution in [2.45, 2.75) is 31.6 Å². The van der Waals surface area contributed by atoms with Crippen molar-refractivity contribution in [1.82, 2.24) is 0 Å². The summed E-state index contributed by atoms with van der Waals surface area (Å²) in [5.41, 5.74) is 1.23. The Morgan fingerprint density at radius 2 is 2.18 bits per heavy atom. The van der Waals surface area contributed by atoms with Gasteiger partial charge in [-0.15, -0.1) is 0 Å². The van der Waals surface area contributed by atoms with Crippen molar-refractivity contribution in [1.29, 1.82) is 0 Å². The minimum Gasteiger partial charge on any atom is -0.496 e. The molecule has 2 rings (SSSR count). The molecule has 1 saturated carbocycles. The summed E-state index contributed by atoms with van der Waals surface area (Å²) in [5, 5.41) is 8.91. The highest BCUT2D eigenvalue weighted by Gasteiger charge is 2.47. The van der Waals surface area contributed by atoms with Gasteiger partial charge in [0.2, 0.25) is 0 Å². The molecular formula is C13H15FO3. The number of carbonyl (C=O) groups is 1. The number of aliphatic carboxylic acids is 1. The zero-order valence-corrected chi connectivity index (χ0v) is 9.92. The fourth-order valence-corrected chi connectivity index (χ4v) is 2.40. The SMILES string of the molecule is COc1cc(F)cc(C2(CC(=O)O)CC2)c1C. The predicted octanol–water partition coefficient (Wildman–Crippen LogP) is 2.65. The Morgan fingerprint density at radius 1 is 1.53 bits per heavy atom. The summed E-state index contributed by atoms with van der Waals surface area (Å²) in [7, 11) is 1.49. The molecule has 17 heavy (non-hydrogen) atoms. The van der Waals surface area contributed by atoms with E-state index in [9.17, 15) is 9.18 Å². The Kier molecular flexibility index (Phi) is 2.81. The molecule has 92 valence electrons. The van der Waals surface area contributed by atoms with Crippen molar-refractivity contribution in [3.05, 3.63) is 29.1 Å². The van der Waals surface area contributed by atoms with Gasteiger partial charge in [-0.1, -0.05) is 0 Å². The molecule has 0 bridgehead atoms. The molecule has 0 heterocycles. The van der Waals surface area contributed by atoms with Gasteiger partial charge < -0.3 is 9.84 Å². The summed E-state index contributed by atoms with van der Waals surface area (Å²) in [5.74, 6) is -0.735. The first-order valence-corrected chi connectivity index (χ1v) is 5.55. The minimum atomic E-state index is -0.842. The number of hydrogen-bond donors (Lipinski definition) is 1. The lowest BCUT2D eigenvalue weighted by molar-refractivity contribution is -0.137. The predicted molar refractivity (Wildman–Crippen MR) is 60.9 cm³/mol. The maximum atomic E-state index is 13.5. The summed E-state index contributed by atoms with van der Waals surface area (Å²) in [6.45, 7) is 1.84. The average Bonchev–Trinajstić information content (AvgIpc) is 3.00. The lowest BCUT2D eigenvalue weighted by Crippen LogP contribution is -2.15. The van der Waals surface area contributed by atoms with Crippen molar-refractivity contribution in [2.75, 3.05) is 7.11 Å². The van der Waals surface area contributed by atoms with Crippen LogP contribution in [0.3, 0.4) is 0 Å². The van der Waals surface area contributed by atoms with E-state index in [2.05, 4.69) is 0 Å². The van der Waals surface area contributed by atoms with Crippen LogP contribution in [0.4, 0.5) is 4.39 Å². The van der Waals surface area contributed by atoms with Gasteiger partial charge in [0.05, 0.1) is 13.5 Å². The molecule has 0 unspecified atom stereocenters. The molecule has 0 saturated heterocycles. The third-order valence-corrected chi connectivity index (χ3v) is 3.46. The molecule has 1 aliphatic rings. The number of methoxy groups -OCH3 is 1. The molecule has 1 aromatic rings. The molecule has 3 nitrogen and oxygen atoms in total. The van der Waals surface area contributed by atoms with Crippen LogP contribution in [0, 0.1) is 12.7 Å². The monoisotopic (exact) mass is 238 g/mol. The Balaban J connectivity index is 2.45. The normalized spacial score (nSPS) is 16.6. The van der Waals surface area contributed by atoms with Gasteiger partial charge in [-0.25, -0.2) is 4.39 Å². The average molecular weight is 238 g/mol. The summed E-state index contributed by atoms with van der Waals surface area (Å²) < 4.78 is 18.6. The van der Waals surface area contributed by atoms with Crippen LogP contribution >= 0.6 is 0 Å². The van der Waals surface area contributed by atoms with Gasteiger partial charge in [0.15, 0.2) is 0 Å². The molecule has 0 spiro atoms. The summed E-state index contributed by atoms with van der Waals surface area (Å²) in [6.07, 6.45) is 1.65. The van der Waals surface area contributed by atoms with Gasteiger partial charge in [-0.2, -0.15) is 0 Å². The van der Waals surface area contributed by atoms with Crippen LogP contribution in [0.15, 0.2) is 12.1 Å². The molecule has 0 radical (unpaired) electrons. The van der Waals surface area contributed by atoms with Crippen molar-refractivity contribution < 1.29 is 19.0 Å². The molecule has 1 aliphatic carbocycles. The van der Waals surface area contributed by atoms with E-state index in [1.807, 2.05) is 6.92 Å². The van der Waals surface area contributed by atoms with Crippen molar-refractivity contribution in [2.24, 2.45) is 0 Å². The molecule has 1 aromatic carbocycles. The van der Waals surface area contributed by atoms with E-state index >= 15 is 0 Å². The fraction of sp³-hybridized carbons (Fsp3) is 0.462. The largest absolute Gasteiger partial charge is 0.496 e. The van der Waals surface area contributed by atoms with Crippen molar-refractivity contribution >= 4 is 5.97 Å². The molecule has 1 fully saturated rings. The van der Waals surface area contributed by atoms with Gasteiger partial charge in [0.1, 0.15) is 11.6 Å². The standard InChI is InChI=1S/C13H15FO3/c1-8-10(5-9(14)6-11(8)17-2)13(3-4-13)7-12(15)16/h5-6H,3-4,7H2,1-2H3,(H,15,16). The van der Waals surface area contributed by atoms with Crippen LogP contribution < -0.4 is 4.74 Å². The number of benzene rings is 1. The van der Waals surface area contributed by atoms with E-state index in [4.69, 9.17) is 9.84 Å². The molecule has 1 N–H and O–H groups in total. The first-order chi connectivity index (χ1) is 7.98. The Labute approximate surface area is 99.2 Å². The number of carboxylic acid groups (broad SMARTS) is 1. The van der Waals surface area contributed by atoms with E-state index in [1.54, 1.807) is 0 Å². The van der Waals surface area contributed by atoms with Crippen LogP contribution in [0.25, 0.3) is 0 Å². The number of rotatable bonds is 4. The van der Waals surface area contributed by atoms with Crippen molar-refractivity contribution in [3.8, 4) is 5.75 Å². The van der Waals surface area contributed by atoms with Gasteiger partial charge in [-0.05, 0) is 37.0 Å². The smallest absolute Gasteiger partial charge is 0.304 e. The third-order valence-electron chi connectivity index (χ3n) is 3.46. The number of ether oxygens (including phenoxy) is 1. The van der Waals surface area contributed by atoms with Gasteiger partial charge >= 0.3 is 5.97 Å². The van der Waals surface area contributed by atoms with Crippen LogP contribution in [0.5, 0.6) is 5.75 Å². The van der Waals surface area contributed by atoms with Crippen LogP contribution in [-0.2, 0) is 10.2 Å². The van der Waals surface area contributed by atoms with Gasteiger partial charge in [-0.3, -0.25) is 4.79 Å². The van der Waals surface area contributed by atoms with E-state index in [-0.39, 0.29) is 17.7 Å². The highest BCUT2D eigenvalue weighted by Crippen LogP contribution is 2.53. The zero-order valence-electron chi connectivity index (χ0n) is 9.92. The van der Waals surface area contributed by atoms with Gasteiger partial charge in [0, 0.05) is 11.5 Å². The molecular weight excluding hydrogens is 223 g/mol. The maximum Gasteiger partial charge on any atom is 0.304 e. The first-order valence-electron chi connectivity index (χ1n) is 5.55. The Hall–Kier alpha value is -1.58. The fourth-order valence-electron chi connectivity index (χ4n) is 2.40. The number of carboxylic acids is 1. The molecule has 0 aromatic heterocycles. The zero-order chi connectivity index (χ0) is 12.6.